The quantitative estimate of drug-likeness (QED) is 0.488. The summed E-state index contributed by atoms with van der Waals surface area (Å²) in [5.74, 6) is -0.543. The Bertz CT molecular complexity index is 1180. The van der Waals surface area contributed by atoms with Gasteiger partial charge in [-0.25, -0.2) is 9.48 Å². The Morgan fingerprint density at radius 1 is 1.16 bits per heavy atom. The van der Waals surface area contributed by atoms with Crippen LogP contribution in [-0.2, 0) is 9.53 Å². The second-order valence-electron chi connectivity index (χ2n) is 8.30. The van der Waals surface area contributed by atoms with E-state index in [1.54, 1.807) is 48.0 Å². The zero-order valence-electron chi connectivity index (χ0n) is 18.2. The molecule has 0 aliphatic heterocycles. The molecule has 0 unspecified atom stereocenters. The zero-order chi connectivity index (χ0) is 23.8. The van der Waals surface area contributed by atoms with E-state index >= 15 is 0 Å². The summed E-state index contributed by atoms with van der Waals surface area (Å²) in [4.78, 5) is 25.5. The smallest absolute Gasteiger partial charge is 0.328 e. The van der Waals surface area contributed by atoms with Crippen molar-refractivity contribution in [2.45, 2.75) is 33.7 Å². The Morgan fingerprint density at radius 3 is 2.38 bits per heavy atom. The topological polar surface area (TPSA) is 78.2 Å². The van der Waals surface area contributed by atoms with Crippen LogP contribution in [-0.4, -0.2) is 39.4 Å². The minimum atomic E-state index is -0.873. The van der Waals surface area contributed by atoms with Crippen molar-refractivity contribution in [1.82, 2.24) is 19.7 Å². The van der Waals surface area contributed by atoms with Crippen LogP contribution in [0, 0.1) is 12.3 Å². The fraction of sp³-hybridized carbons (Fsp3) is 0.318. The molecule has 32 heavy (non-hydrogen) atoms. The van der Waals surface area contributed by atoms with Gasteiger partial charge < -0.3 is 10.1 Å². The number of rotatable bonds is 5. The minimum Gasteiger partial charge on any atom is -0.467 e. The number of halogens is 3. The van der Waals surface area contributed by atoms with Gasteiger partial charge in [0.2, 0.25) is 0 Å². The van der Waals surface area contributed by atoms with E-state index in [4.69, 9.17) is 39.5 Å². The summed E-state index contributed by atoms with van der Waals surface area (Å²) >= 11 is 18.9. The summed E-state index contributed by atoms with van der Waals surface area (Å²) in [6.45, 7) is 7.24. The van der Waals surface area contributed by atoms with E-state index in [0.29, 0.717) is 32.3 Å². The summed E-state index contributed by atoms with van der Waals surface area (Å²) in [5, 5.41) is 8.52. The van der Waals surface area contributed by atoms with Crippen molar-refractivity contribution in [3.63, 3.8) is 0 Å². The summed E-state index contributed by atoms with van der Waals surface area (Å²) in [7, 11) is 1.28. The molecule has 0 radical (unpaired) electrons. The third-order valence-electron chi connectivity index (χ3n) is 4.95. The lowest BCUT2D eigenvalue weighted by Gasteiger charge is -2.28. The molecule has 1 amide bonds. The van der Waals surface area contributed by atoms with E-state index in [-0.39, 0.29) is 5.69 Å². The summed E-state index contributed by atoms with van der Waals surface area (Å²) < 4.78 is 8.09. The molecule has 2 aromatic heterocycles. The van der Waals surface area contributed by atoms with Crippen LogP contribution in [0.15, 0.2) is 36.5 Å². The molecule has 3 rings (SSSR count). The van der Waals surface area contributed by atoms with Crippen LogP contribution in [0.5, 0.6) is 0 Å². The molecule has 0 bridgehead atoms. The van der Waals surface area contributed by atoms with Crippen LogP contribution in [0.2, 0.25) is 15.2 Å². The van der Waals surface area contributed by atoms with Gasteiger partial charge in [0.15, 0.2) is 5.69 Å². The molecule has 7 nitrogen and oxygen atoms in total. The maximum atomic E-state index is 13.2. The number of aromatic nitrogens is 3. The molecule has 3 aromatic rings. The summed E-state index contributed by atoms with van der Waals surface area (Å²) in [6.07, 6.45) is 1.75. The lowest BCUT2D eigenvalue weighted by atomic mass is 9.86. The molecule has 0 aliphatic rings. The van der Waals surface area contributed by atoms with Crippen LogP contribution >= 0.6 is 34.8 Å². The normalized spacial score (nSPS) is 12.5. The first kappa shape index (κ1) is 24.2. The highest BCUT2D eigenvalue weighted by Gasteiger charge is 2.35. The van der Waals surface area contributed by atoms with Crippen molar-refractivity contribution in [1.29, 1.82) is 0 Å². The molecule has 2 heterocycles. The van der Waals surface area contributed by atoms with Gasteiger partial charge in [-0.2, -0.15) is 5.10 Å². The van der Waals surface area contributed by atoms with Gasteiger partial charge in [0.25, 0.3) is 5.91 Å². The fourth-order valence-electron chi connectivity index (χ4n) is 3.28. The third kappa shape index (κ3) is 4.65. The minimum absolute atomic E-state index is 0.119. The van der Waals surface area contributed by atoms with Crippen LogP contribution in [0.4, 0.5) is 0 Å². The number of carbonyl (C=O) groups excluding carboxylic acids is 2. The van der Waals surface area contributed by atoms with Crippen molar-refractivity contribution in [2.24, 2.45) is 5.41 Å². The van der Waals surface area contributed by atoms with Gasteiger partial charge in [-0.3, -0.25) is 9.36 Å². The van der Waals surface area contributed by atoms with E-state index < -0.39 is 23.3 Å². The molecule has 1 atom stereocenters. The maximum absolute atomic E-state index is 13.2. The Labute approximate surface area is 201 Å². The van der Waals surface area contributed by atoms with Crippen molar-refractivity contribution >= 4 is 46.7 Å². The number of nitrogens with zero attached hydrogens (tertiary/aromatic N) is 3. The first-order valence-corrected chi connectivity index (χ1v) is 10.9. The largest absolute Gasteiger partial charge is 0.467 e. The lowest BCUT2D eigenvalue weighted by molar-refractivity contribution is -0.145. The number of methoxy groups -OCH3 is 1. The number of ether oxygens (including phenoxy) is 1. The van der Waals surface area contributed by atoms with E-state index in [2.05, 4.69) is 10.4 Å². The van der Waals surface area contributed by atoms with Gasteiger partial charge >= 0.3 is 5.97 Å². The van der Waals surface area contributed by atoms with Crippen LogP contribution in [0.3, 0.4) is 0 Å². The van der Waals surface area contributed by atoms with E-state index in [9.17, 15) is 9.59 Å². The molecule has 10 heteroatoms. The van der Waals surface area contributed by atoms with Gasteiger partial charge in [-0.05, 0) is 42.7 Å². The van der Waals surface area contributed by atoms with Gasteiger partial charge in [-0.15, -0.1) is 0 Å². The summed E-state index contributed by atoms with van der Waals surface area (Å²) in [6, 6.07) is 7.58. The Balaban J connectivity index is 2.16. The molecule has 1 aromatic carbocycles. The fourth-order valence-corrected chi connectivity index (χ4v) is 3.98. The monoisotopic (exact) mass is 496 g/mol. The molecule has 0 spiro atoms. The SMILES string of the molecule is COC(=O)[C@@H](NC(=O)c1nn(-c2ccc(Cl)cc2Cl)c(-n2cccc2Cl)c1C)C(C)(C)C. The average Bonchev–Trinajstić information content (AvgIpc) is 3.27. The highest BCUT2D eigenvalue weighted by molar-refractivity contribution is 6.35. The summed E-state index contributed by atoms with van der Waals surface area (Å²) in [5.41, 5.74) is 0.599. The molecular weight excluding hydrogens is 475 g/mol. The zero-order valence-corrected chi connectivity index (χ0v) is 20.5. The van der Waals surface area contributed by atoms with E-state index in [1.807, 2.05) is 20.8 Å². The van der Waals surface area contributed by atoms with E-state index in [1.165, 1.54) is 11.8 Å². The van der Waals surface area contributed by atoms with Crippen LogP contribution in [0.1, 0.15) is 36.8 Å². The van der Waals surface area contributed by atoms with Crippen molar-refractivity contribution < 1.29 is 14.3 Å². The second-order valence-corrected chi connectivity index (χ2v) is 9.53. The molecule has 0 saturated heterocycles. The highest BCUT2D eigenvalue weighted by atomic mass is 35.5. The van der Waals surface area contributed by atoms with Gasteiger partial charge in [0.1, 0.15) is 17.0 Å². The first-order valence-electron chi connectivity index (χ1n) is 9.72. The van der Waals surface area contributed by atoms with Gasteiger partial charge in [0.05, 0.1) is 17.8 Å². The third-order valence-corrected chi connectivity index (χ3v) is 5.80. The van der Waals surface area contributed by atoms with Crippen molar-refractivity contribution in [3.05, 3.63) is 63.0 Å². The van der Waals surface area contributed by atoms with E-state index in [0.717, 1.165) is 0 Å². The second kappa shape index (κ2) is 9.17. The number of hydrogen-bond donors (Lipinski definition) is 1. The van der Waals surface area contributed by atoms with Crippen LogP contribution in [0.25, 0.3) is 11.5 Å². The van der Waals surface area contributed by atoms with Crippen molar-refractivity contribution in [3.8, 4) is 11.5 Å². The van der Waals surface area contributed by atoms with Gasteiger partial charge in [0, 0.05) is 16.8 Å². The molecule has 1 N–H and O–H groups in total. The number of amides is 1. The average molecular weight is 498 g/mol. The first-order chi connectivity index (χ1) is 15.0. The number of esters is 1. The highest BCUT2D eigenvalue weighted by Crippen LogP contribution is 2.31. The Hall–Kier alpha value is -2.48. The molecule has 0 fully saturated rings. The lowest BCUT2D eigenvalue weighted by Crippen LogP contribution is -2.49. The molecule has 170 valence electrons. The number of nitrogens with one attached hydrogen (secondary N) is 1. The Morgan fingerprint density at radius 2 is 1.84 bits per heavy atom. The van der Waals surface area contributed by atoms with Crippen molar-refractivity contribution in [2.75, 3.05) is 7.11 Å². The standard InChI is InChI=1S/C22H23Cl3N4O3/c1-12-17(19(30)26-18(21(31)32-5)22(2,3)4)27-29(15-9-8-13(23)11-14(15)24)20(12)28-10-6-7-16(28)25/h6-11,18H,1-5H3,(H,26,30)/t18-/m1/s1. The molecule has 0 saturated carbocycles. The van der Waals surface area contributed by atoms with Gasteiger partial charge in [-0.1, -0.05) is 55.6 Å². The predicted octanol–water partition coefficient (Wildman–Crippen LogP) is 5.25. The number of benzene rings is 1. The number of carbonyl (C=O) groups is 2. The maximum Gasteiger partial charge on any atom is 0.328 e. The predicted molar refractivity (Wildman–Crippen MR) is 125 cm³/mol. The molecule has 0 aliphatic carbocycles. The van der Waals surface area contributed by atoms with Crippen LogP contribution < -0.4 is 5.32 Å². The number of hydrogen-bond acceptors (Lipinski definition) is 4. The Kier molecular flexibility index (Phi) is 6.93. The molecular formula is C22H23Cl3N4O3.